The smallest absolute Gasteiger partial charge is 0.191 e. The van der Waals surface area contributed by atoms with E-state index in [0.29, 0.717) is 30.0 Å². The minimum Gasteiger partial charge on any atom is -0.486 e. The first-order chi connectivity index (χ1) is 12.7. The highest BCUT2D eigenvalue weighted by atomic mass is 35.5. The average Bonchev–Trinajstić information content (AvgIpc) is 3.40. The molecule has 2 aliphatic heterocycles. The van der Waals surface area contributed by atoms with E-state index in [4.69, 9.17) is 21.1 Å². The van der Waals surface area contributed by atoms with Crippen molar-refractivity contribution < 1.29 is 9.47 Å². The third kappa shape index (κ3) is 4.18. The summed E-state index contributed by atoms with van der Waals surface area (Å²) in [5.41, 5.74) is 1.13. The molecule has 26 heavy (non-hydrogen) atoms. The highest BCUT2D eigenvalue weighted by Gasteiger charge is 2.34. The molecule has 1 saturated heterocycles. The van der Waals surface area contributed by atoms with Gasteiger partial charge in [-0.15, -0.1) is 0 Å². The molecule has 0 radical (unpaired) electrons. The van der Waals surface area contributed by atoms with Crippen molar-refractivity contribution >= 4 is 17.6 Å². The predicted molar refractivity (Wildman–Crippen MR) is 104 cm³/mol. The molecule has 1 saturated carbocycles. The Morgan fingerprint density at radius 2 is 2.12 bits per heavy atom. The summed E-state index contributed by atoms with van der Waals surface area (Å²) in [6.07, 6.45) is 4.78. The third-order valence-electron chi connectivity index (χ3n) is 5.21. The van der Waals surface area contributed by atoms with Gasteiger partial charge in [0.1, 0.15) is 13.2 Å². The standard InChI is InChI=1S/C19H27ClN4O2/c1-21-19(23-14-5-7-24(12-14)15-2-3-15)22-6-4-13-10-16(20)18-17(11-13)25-8-9-26-18/h10-11,14-15H,2-9,12H2,1H3,(H2,21,22,23). The lowest BCUT2D eigenvalue weighted by atomic mass is 10.1. The van der Waals surface area contributed by atoms with Crippen LogP contribution in [0.4, 0.5) is 0 Å². The van der Waals surface area contributed by atoms with Crippen LogP contribution in [-0.4, -0.2) is 62.8 Å². The van der Waals surface area contributed by atoms with Crippen LogP contribution in [0.2, 0.25) is 5.02 Å². The monoisotopic (exact) mass is 378 g/mol. The highest BCUT2D eigenvalue weighted by molar-refractivity contribution is 6.32. The molecule has 3 aliphatic rings. The molecule has 7 heteroatoms. The molecule has 1 atom stereocenters. The first-order valence-corrected chi connectivity index (χ1v) is 9.90. The van der Waals surface area contributed by atoms with Crippen LogP contribution < -0.4 is 20.1 Å². The van der Waals surface area contributed by atoms with Crippen molar-refractivity contribution in [3.05, 3.63) is 22.7 Å². The lowest BCUT2D eigenvalue weighted by Gasteiger charge is -2.21. The van der Waals surface area contributed by atoms with Gasteiger partial charge in [-0.05, 0) is 43.4 Å². The second-order valence-corrected chi connectivity index (χ2v) is 7.61. The Hall–Kier alpha value is -1.66. The molecule has 6 nitrogen and oxygen atoms in total. The number of hydrogen-bond acceptors (Lipinski definition) is 4. The molecule has 1 aromatic carbocycles. The number of halogens is 1. The Labute approximate surface area is 159 Å². The van der Waals surface area contributed by atoms with Crippen molar-refractivity contribution in [1.82, 2.24) is 15.5 Å². The maximum atomic E-state index is 6.31. The fraction of sp³-hybridized carbons (Fsp3) is 0.632. The summed E-state index contributed by atoms with van der Waals surface area (Å²) >= 11 is 6.31. The van der Waals surface area contributed by atoms with E-state index < -0.39 is 0 Å². The van der Waals surface area contributed by atoms with Crippen molar-refractivity contribution in [2.45, 2.75) is 37.8 Å². The second-order valence-electron chi connectivity index (χ2n) is 7.21. The van der Waals surface area contributed by atoms with Gasteiger partial charge in [0.25, 0.3) is 0 Å². The van der Waals surface area contributed by atoms with Crippen LogP contribution in [0.5, 0.6) is 11.5 Å². The maximum Gasteiger partial charge on any atom is 0.191 e. The van der Waals surface area contributed by atoms with Crippen molar-refractivity contribution in [2.75, 3.05) is 39.9 Å². The first-order valence-electron chi connectivity index (χ1n) is 9.52. The zero-order valence-corrected chi connectivity index (χ0v) is 16.0. The molecular weight excluding hydrogens is 352 g/mol. The van der Waals surface area contributed by atoms with Crippen molar-refractivity contribution in [1.29, 1.82) is 0 Å². The van der Waals surface area contributed by atoms with Crippen LogP contribution in [0, 0.1) is 0 Å². The van der Waals surface area contributed by atoms with Gasteiger partial charge in [-0.3, -0.25) is 9.89 Å². The van der Waals surface area contributed by atoms with E-state index in [-0.39, 0.29) is 0 Å². The van der Waals surface area contributed by atoms with Crippen LogP contribution in [0.1, 0.15) is 24.8 Å². The van der Waals surface area contributed by atoms with E-state index in [1.54, 1.807) is 0 Å². The van der Waals surface area contributed by atoms with Gasteiger partial charge in [0.05, 0.1) is 5.02 Å². The van der Waals surface area contributed by atoms with E-state index in [1.165, 1.54) is 25.8 Å². The number of nitrogens with one attached hydrogen (secondary N) is 2. The van der Waals surface area contributed by atoms with Gasteiger partial charge in [0.2, 0.25) is 0 Å². The quantitative estimate of drug-likeness (QED) is 0.606. The second kappa shape index (κ2) is 7.92. The van der Waals surface area contributed by atoms with Gasteiger partial charge in [0.15, 0.2) is 17.5 Å². The maximum absolute atomic E-state index is 6.31. The Kier molecular flexibility index (Phi) is 5.41. The van der Waals surface area contributed by atoms with Crippen molar-refractivity contribution in [3.8, 4) is 11.5 Å². The van der Waals surface area contributed by atoms with Crippen LogP contribution in [-0.2, 0) is 6.42 Å². The van der Waals surface area contributed by atoms with Gasteiger partial charge < -0.3 is 20.1 Å². The zero-order valence-electron chi connectivity index (χ0n) is 15.3. The number of ether oxygens (including phenoxy) is 2. The molecule has 0 amide bonds. The fourth-order valence-corrected chi connectivity index (χ4v) is 3.99. The number of aliphatic imine (C=N–C) groups is 1. The lowest BCUT2D eigenvalue weighted by molar-refractivity contribution is 0.171. The van der Waals surface area contributed by atoms with Crippen LogP contribution in [0.25, 0.3) is 0 Å². The van der Waals surface area contributed by atoms with E-state index >= 15 is 0 Å². The number of hydrogen-bond donors (Lipinski definition) is 2. The van der Waals surface area contributed by atoms with E-state index in [2.05, 4.69) is 20.5 Å². The minimum absolute atomic E-state index is 0.491. The number of fused-ring (bicyclic) bond motifs is 1. The van der Waals surface area contributed by atoms with Gasteiger partial charge in [0, 0.05) is 38.8 Å². The molecule has 1 aliphatic carbocycles. The summed E-state index contributed by atoms with van der Waals surface area (Å²) in [5, 5.41) is 7.58. The molecule has 0 bridgehead atoms. The minimum atomic E-state index is 0.491. The summed E-state index contributed by atoms with van der Waals surface area (Å²) < 4.78 is 11.2. The van der Waals surface area contributed by atoms with Gasteiger partial charge >= 0.3 is 0 Å². The van der Waals surface area contributed by atoms with Crippen molar-refractivity contribution in [2.24, 2.45) is 4.99 Å². The summed E-state index contributed by atoms with van der Waals surface area (Å²) in [7, 11) is 1.82. The first kappa shape index (κ1) is 17.7. The molecule has 2 heterocycles. The molecule has 1 unspecified atom stereocenters. The normalized spacial score (nSPS) is 23.2. The Balaban J connectivity index is 1.26. The molecule has 2 fully saturated rings. The third-order valence-corrected chi connectivity index (χ3v) is 5.49. The molecule has 142 valence electrons. The van der Waals surface area contributed by atoms with E-state index in [0.717, 1.165) is 42.8 Å². The molecule has 4 rings (SSSR count). The summed E-state index contributed by atoms with van der Waals surface area (Å²) in [6.45, 7) is 4.24. The lowest BCUT2D eigenvalue weighted by Crippen LogP contribution is -2.45. The Bertz CT molecular complexity index is 678. The molecule has 0 aromatic heterocycles. The largest absolute Gasteiger partial charge is 0.486 e. The van der Waals surface area contributed by atoms with Crippen molar-refractivity contribution in [3.63, 3.8) is 0 Å². The van der Waals surface area contributed by atoms with E-state index in [1.807, 2.05) is 19.2 Å². The predicted octanol–water partition coefficient (Wildman–Crippen LogP) is 2.06. The SMILES string of the molecule is CN=C(NCCc1cc(Cl)c2c(c1)OCCO2)NC1CCN(C2CC2)C1. The number of nitrogens with zero attached hydrogens (tertiary/aromatic N) is 2. The molecule has 1 aromatic rings. The molecule has 0 spiro atoms. The fourth-order valence-electron chi connectivity index (χ4n) is 3.70. The van der Waals surface area contributed by atoms with Gasteiger partial charge in [-0.25, -0.2) is 0 Å². The van der Waals surface area contributed by atoms with Crippen LogP contribution in [0.3, 0.4) is 0 Å². The topological polar surface area (TPSA) is 58.1 Å². The van der Waals surface area contributed by atoms with E-state index in [9.17, 15) is 0 Å². The highest BCUT2D eigenvalue weighted by Crippen LogP contribution is 2.38. The zero-order chi connectivity index (χ0) is 17.9. The molecule has 2 N–H and O–H groups in total. The van der Waals surface area contributed by atoms with Gasteiger partial charge in [-0.1, -0.05) is 11.6 Å². The average molecular weight is 379 g/mol. The summed E-state index contributed by atoms with van der Waals surface area (Å²) in [4.78, 5) is 6.96. The Morgan fingerprint density at radius 1 is 1.27 bits per heavy atom. The number of guanidine groups is 1. The van der Waals surface area contributed by atoms with Crippen LogP contribution in [0.15, 0.2) is 17.1 Å². The Morgan fingerprint density at radius 3 is 2.92 bits per heavy atom. The summed E-state index contributed by atoms with van der Waals surface area (Å²) in [6, 6.07) is 5.31. The molecular formula is C19H27ClN4O2. The van der Waals surface area contributed by atoms with Crippen LogP contribution >= 0.6 is 11.6 Å². The number of likely N-dealkylation sites (tertiary alicyclic amines) is 1. The number of rotatable bonds is 5. The number of benzene rings is 1. The van der Waals surface area contributed by atoms with Gasteiger partial charge in [-0.2, -0.15) is 0 Å². The summed E-state index contributed by atoms with van der Waals surface area (Å²) in [5.74, 6) is 2.28.